The van der Waals surface area contributed by atoms with Crippen molar-refractivity contribution in [1.82, 2.24) is 19.4 Å². The van der Waals surface area contributed by atoms with Crippen LogP contribution in [0.4, 0.5) is 0 Å². The minimum absolute atomic E-state index is 0.00978. The Labute approximate surface area is 136 Å². The molecule has 116 valence electrons. The van der Waals surface area contributed by atoms with Gasteiger partial charge in [-0.05, 0) is 13.8 Å². The molecule has 0 aromatic carbocycles. The van der Waals surface area contributed by atoms with E-state index in [2.05, 4.69) is 9.97 Å². The second kappa shape index (κ2) is 5.85. The zero-order valence-corrected chi connectivity index (χ0v) is 14.3. The van der Waals surface area contributed by atoms with Gasteiger partial charge in [-0.3, -0.25) is 14.2 Å². The summed E-state index contributed by atoms with van der Waals surface area (Å²) in [6, 6.07) is 0. The quantitative estimate of drug-likeness (QED) is 0.795. The summed E-state index contributed by atoms with van der Waals surface area (Å²) in [4.78, 5) is 35.0. The van der Waals surface area contributed by atoms with Crippen LogP contribution >= 0.6 is 23.1 Å². The maximum Gasteiger partial charge on any atom is 0.258 e. The summed E-state index contributed by atoms with van der Waals surface area (Å²) in [7, 11) is 1.70. The second-order valence-electron chi connectivity index (χ2n) is 5.24. The Bertz CT molecular complexity index is 797. The molecule has 0 N–H and O–H groups in total. The normalized spacial score (nSPS) is 13.5. The minimum Gasteiger partial charge on any atom is -0.331 e. The number of rotatable bonds is 3. The van der Waals surface area contributed by atoms with Gasteiger partial charge in [-0.25, -0.2) is 9.97 Å². The number of carbonyl (C=O) groups is 1. The highest BCUT2D eigenvalue weighted by Crippen LogP contribution is 2.24. The Hall–Kier alpha value is -1.67. The van der Waals surface area contributed by atoms with Crippen LogP contribution in [0.3, 0.4) is 0 Å². The van der Waals surface area contributed by atoms with Gasteiger partial charge in [0.05, 0.1) is 30.1 Å². The van der Waals surface area contributed by atoms with E-state index in [1.165, 1.54) is 16.3 Å². The fourth-order valence-electron chi connectivity index (χ4n) is 2.32. The highest BCUT2D eigenvalue weighted by Gasteiger charge is 2.28. The highest BCUT2D eigenvalue weighted by atomic mass is 32.2. The van der Waals surface area contributed by atoms with Crippen LogP contribution in [0, 0.1) is 13.8 Å². The smallest absolute Gasteiger partial charge is 0.258 e. The first-order valence-electron chi connectivity index (χ1n) is 6.84. The summed E-state index contributed by atoms with van der Waals surface area (Å²) in [5, 5.41) is 1.97. The number of amides is 1. The lowest BCUT2D eigenvalue weighted by molar-refractivity contribution is -0.128. The third kappa shape index (κ3) is 2.80. The standard InChI is InChI=1S/C14H16N4O2S2/c1-8-6-21-14(15-8)22-7-12(19)18-4-10-11(5-18)16-9(2)17(3)13(10)20/h6H,4-5,7H2,1-3H3. The molecular weight excluding hydrogens is 320 g/mol. The van der Waals surface area contributed by atoms with Gasteiger partial charge in [-0.15, -0.1) is 11.3 Å². The van der Waals surface area contributed by atoms with Gasteiger partial charge in [0.25, 0.3) is 5.56 Å². The average molecular weight is 336 g/mol. The number of carbonyl (C=O) groups excluding carboxylic acids is 1. The van der Waals surface area contributed by atoms with E-state index in [9.17, 15) is 9.59 Å². The van der Waals surface area contributed by atoms with Gasteiger partial charge < -0.3 is 4.90 Å². The van der Waals surface area contributed by atoms with Crippen LogP contribution in [-0.4, -0.2) is 31.1 Å². The van der Waals surface area contributed by atoms with Crippen molar-refractivity contribution in [2.45, 2.75) is 31.3 Å². The molecule has 0 aliphatic carbocycles. The molecule has 2 aromatic heterocycles. The third-order valence-corrected chi connectivity index (χ3v) is 5.78. The van der Waals surface area contributed by atoms with Gasteiger partial charge in [0.1, 0.15) is 5.82 Å². The molecule has 1 amide bonds. The first-order valence-corrected chi connectivity index (χ1v) is 8.70. The summed E-state index contributed by atoms with van der Waals surface area (Å²) in [6.45, 7) is 4.50. The van der Waals surface area contributed by atoms with Crippen LogP contribution in [-0.2, 0) is 24.9 Å². The van der Waals surface area contributed by atoms with Crippen molar-refractivity contribution in [3.8, 4) is 0 Å². The van der Waals surface area contributed by atoms with E-state index in [0.29, 0.717) is 30.2 Å². The predicted molar refractivity (Wildman–Crippen MR) is 86.0 cm³/mol. The van der Waals surface area contributed by atoms with Gasteiger partial charge in [0, 0.05) is 18.1 Å². The maximum absolute atomic E-state index is 12.3. The van der Waals surface area contributed by atoms with E-state index in [-0.39, 0.29) is 11.5 Å². The highest BCUT2D eigenvalue weighted by molar-refractivity contribution is 8.01. The molecule has 0 bridgehead atoms. The minimum atomic E-state index is -0.0546. The van der Waals surface area contributed by atoms with E-state index in [0.717, 1.165) is 15.7 Å². The number of thioether (sulfide) groups is 1. The van der Waals surface area contributed by atoms with E-state index in [1.807, 2.05) is 12.3 Å². The number of fused-ring (bicyclic) bond motifs is 1. The van der Waals surface area contributed by atoms with Crippen molar-refractivity contribution in [3.63, 3.8) is 0 Å². The molecule has 0 saturated heterocycles. The largest absolute Gasteiger partial charge is 0.331 e. The molecular formula is C14H16N4O2S2. The summed E-state index contributed by atoms with van der Waals surface area (Å²) in [6.07, 6.45) is 0. The van der Waals surface area contributed by atoms with Gasteiger partial charge in [0.15, 0.2) is 4.34 Å². The second-order valence-corrected chi connectivity index (χ2v) is 7.32. The molecule has 0 spiro atoms. The van der Waals surface area contributed by atoms with Crippen LogP contribution in [0.15, 0.2) is 14.5 Å². The average Bonchev–Trinajstić information content (AvgIpc) is 3.09. The van der Waals surface area contributed by atoms with E-state index >= 15 is 0 Å². The van der Waals surface area contributed by atoms with Crippen molar-refractivity contribution in [2.24, 2.45) is 7.05 Å². The van der Waals surface area contributed by atoms with E-state index in [1.54, 1.807) is 30.2 Å². The van der Waals surface area contributed by atoms with Crippen molar-refractivity contribution >= 4 is 29.0 Å². The Kier molecular flexibility index (Phi) is 4.05. The van der Waals surface area contributed by atoms with E-state index in [4.69, 9.17) is 0 Å². The predicted octanol–water partition coefficient (Wildman–Crippen LogP) is 1.49. The summed E-state index contributed by atoms with van der Waals surface area (Å²) < 4.78 is 2.42. The molecule has 0 saturated carbocycles. The van der Waals surface area contributed by atoms with Crippen molar-refractivity contribution < 1.29 is 4.79 Å². The SMILES string of the molecule is Cc1csc(SCC(=O)N2Cc3nc(C)n(C)c(=O)c3C2)n1. The van der Waals surface area contributed by atoms with Gasteiger partial charge in [0.2, 0.25) is 5.91 Å². The van der Waals surface area contributed by atoms with E-state index < -0.39 is 0 Å². The molecule has 0 atom stereocenters. The van der Waals surface area contributed by atoms with Crippen LogP contribution in [0.25, 0.3) is 0 Å². The molecule has 0 radical (unpaired) electrons. The number of thiazole rings is 1. The summed E-state index contributed by atoms with van der Waals surface area (Å²) in [5.74, 6) is 1.02. The number of aromatic nitrogens is 3. The Balaban J connectivity index is 1.69. The van der Waals surface area contributed by atoms with Gasteiger partial charge >= 0.3 is 0 Å². The molecule has 0 unspecified atom stereocenters. The number of hydrogen-bond donors (Lipinski definition) is 0. The fraction of sp³-hybridized carbons (Fsp3) is 0.429. The number of hydrogen-bond acceptors (Lipinski definition) is 6. The van der Waals surface area contributed by atoms with Crippen LogP contribution in [0.5, 0.6) is 0 Å². The van der Waals surface area contributed by atoms with Crippen LogP contribution in [0.2, 0.25) is 0 Å². The fourth-order valence-corrected chi connectivity index (χ4v) is 4.07. The summed E-state index contributed by atoms with van der Waals surface area (Å²) in [5.41, 5.74) is 2.28. The molecule has 0 fully saturated rings. The van der Waals surface area contributed by atoms with Crippen LogP contribution < -0.4 is 5.56 Å². The first-order chi connectivity index (χ1) is 10.5. The molecule has 6 nitrogen and oxygen atoms in total. The maximum atomic E-state index is 12.3. The lowest BCUT2D eigenvalue weighted by atomic mass is 10.2. The first kappa shape index (κ1) is 15.2. The monoisotopic (exact) mass is 336 g/mol. The Morgan fingerprint density at radius 1 is 1.36 bits per heavy atom. The molecule has 2 aromatic rings. The van der Waals surface area contributed by atoms with Crippen molar-refractivity contribution in [3.05, 3.63) is 38.5 Å². The van der Waals surface area contributed by atoms with Gasteiger partial charge in [-0.1, -0.05) is 11.8 Å². The lowest BCUT2D eigenvalue weighted by Crippen LogP contribution is -2.28. The van der Waals surface area contributed by atoms with Crippen molar-refractivity contribution in [1.29, 1.82) is 0 Å². The molecule has 1 aliphatic heterocycles. The molecule has 3 heterocycles. The molecule has 22 heavy (non-hydrogen) atoms. The number of aryl methyl sites for hydroxylation is 2. The van der Waals surface area contributed by atoms with Gasteiger partial charge in [-0.2, -0.15) is 0 Å². The zero-order chi connectivity index (χ0) is 15.9. The number of nitrogens with zero attached hydrogens (tertiary/aromatic N) is 4. The molecule has 1 aliphatic rings. The van der Waals surface area contributed by atoms with Crippen LogP contribution in [0.1, 0.15) is 22.8 Å². The Morgan fingerprint density at radius 3 is 2.82 bits per heavy atom. The topological polar surface area (TPSA) is 68.1 Å². The zero-order valence-electron chi connectivity index (χ0n) is 12.6. The van der Waals surface area contributed by atoms with Crippen molar-refractivity contribution in [2.75, 3.05) is 5.75 Å². The molecule has 8 heteroatoms. The lowest BCUT2D eigenvalue weighted by Gasteiger charge is -2.13. The summed E-state index contributed by atoms with van der Waals surface area (Å²) >= 11 is 2.98. The third-order valence-electron chi connectivity index (χ3n) is 3.65. The molecule has 3 rings (SSSR count). The Morgan fingerprint density at radius 2 is 2.14 bits per heavy atom.